The number of nitrogens with zero attached hydrogens (tertiary/aromatic N) is 4. The minimum absolute atomic E-state index is 0.0714. The molecule has 0 unspecified atom stereocenters. The quantitative estimate of drug-likeness (QED) is 0.663. The molecule has 1 N–H and O–H groups in total. The minimum atomic E-state index is -0.0714. The summed E-state index contributed by atoms with van der Waals surface area (Å²) in [5, 5.41) is 12.3. The topological polar surface area (TPSA) is 87.7 Å². The van der Waals surface area contributed by atoms with Crippen molar-refractivity contribution in [1.82, 2.24) is 15.5 Å². The number of piperidine rings is 1. The van der Waals surface area contributed by atoms with Crippen LogP contribution in [-0.4, -0.2) is 61.4 Å². The first-order valence-corrected chi connectivity index (χ1v) is 9.52. The van der Waals surface area contributed by atoms with Crippen LogP contribution in [0.4, 0.5) is 10.3 Å². The summed E-state index contributed by atoms with van der Waals surface area (Å²) in [6.45, 7) is 6.09. The fourth-order valence-corrected chi connectivity index (χ4v) is 3.29. The van der Waals surface area contributed by atoms with E-state index in [2.05, 4.69) is 15.5 Å². The lowest BCUT2D eigenvalue weighted by Gasteiger charge is -2.23. The van der Waals surface area contributed by atoms with Crippen LogP contribution in [0, 0.1) is 0 Å². The van der Waals surface area contributed by atoms with Gasteiger partial charge in [0.15, 0.2) is 0 Å². The number of rotatable bonds is 9. The molecule has 2 heterocycles. The zero-order valence-electron chi connectivity index (χ0n) is 15.2. The van der Waals surface area contributed by atoms with E-state index in [1.807, 2.05) is 13.8 Å². The summed E-state index contributed by atoms with van der Waals surface area (Å²) in [5.74, 6) is 0.0239. The van der Waals surface area contributed by atoms with Crippen molar-refractivity contribution in [3.05, 3.63) is 0 Å². The van der Waals surface area contributed by atoms with Gasteiger partial charge in [-0.3, -0.25) is 14.5 Å². The molecule has 1 aliphatic heterocycles. The van der Waals surface area contributed by atoms with Crippen molar-refractivity contribution in [1.29, 1.82) is 0 Å². The second-order valence-electron chi connectivity index (χ2n) is 6.35. The molecule has 1 aromatic rings. The molecular weight excluding hydrogens is 342 g/mol. The van der Waals surface area contributed by atoms with Gasteiger partial charge in [-0.05, 0) is 33.1 Å². The SMILES string of the molecule is CC(C)OCCCNC(=O)CN(C)c1nnc(N2CCCCC2=O)s1. The van der Waals surface area contributed by atoms with Gasteiger partial charge in [-0.25, -0.2) is 0 Å². The lowest BCUT2D eigenvalue weighted by molar-refractivity contribution is -0.120. The van der Waals surface area contributed by atoms with E-state index >= 15 is 0 Å². The average molecular weight is 369 g/mol. The van der Waals surface area contributed by atoms with Crippen molar-refractivity contribution in [3.8, 4) is 0 Å². The Hall–Kier alpha value is -1.74. The summed E-state index contributed by atoms with van der Waals surface area (Å²) in [7, 11) is 1.80. The normalized spacial score (nSPS) is 14.9. The van der Waals surface area contributed by atoms with E-state index in [-0.39, 0.29) is 24.5 Å². The van der Waals surface area contributed by atoms with Crippen LogP contribution in [0.5, 0.6) is 0 Å². The third kappa shape index (κ3) is 6.24. The maximum Gasteiger partial charge on any atom is 0.239 e. The first kappa shape index (κ1) is 19.6. The van der Waals surface area contributed by atoms with Gasteiger partial charge in [0.2, 0.25) is 22.1 Å². The molecule has 25 heavy (non-hydrogen) atoms. The number of amides is 2. The highest BCUT2D eigenvalue weighted by Crippen LogP contribution is 2.28. The number of carbonyl (C=O) groups excluding carboxylic acids is 2. The smallest absolute Gasteiger partial charge is 0.239 e. The molecule has 140 valence electrons. The zero-order chi connectivity index (χ0) is 18.2. The number of hydrogen-bond acceptors (Lipinski definition) is 7. The summed E-state index contributed by atoms with van der Waals surface area (Å²) in [5.41, 5.74) is 0. The van der Waals surface area contributed by atoms with E-state index in [4.69, 9.17) is 4.74 Å². The Balaban J connectivity index is 1.76. The van der Waals surface area contributed by atoms with Gasteiger partial charge in [0.25, 0.3) is 0 Å². The molecule has 0 radical (unpaired) electrons. The van der Waals surface area contributed by atoms with Crippen molar-refractivity contribution in [2.24, 2.45) is 0 Å². The third-order valence-electron chi connectivity index (χ3n) is 3.76. The Kier molecular flexibility index (Phi) is 7.57. The number of likely N-dealkylation sites (N-methyl/N-ethyl adjacent to an activating group) is 1. The van der Waals surface area contributed by atoms with E-state index in [0.717, 1.165) is 19.3 Å². The summed E-state index contributed by atoms with van der Waals surface area (Å²) in [4.78, 5) is 27.4. The Bertz CT molecular complexity index is 578. The van der Waals surface area contributed by atoms with Crippen LogP contribution in [0.15, 0.2) is 0 Å². The number of carbonyl (C=O) groups is 2. The molecule has 2 rings (SSSR count). The highest BCUT2D eigenvalue weighted by atomic mass is 32.1. The molecule has 8 nitrogen and oxygen atoms in total. The van der Waals surface area contributed by atoms with Gasteiger partial charge in [0.1, 0.15) is 0 Å². The molecule has 0 atom stereocenters. The Morgan fingerprint density at radius 2 is 2.20 bits per heavy atom. The van der Waals surface area contributed by atoms with Crippen LogP contribution >= 0.6 is 11.3 Å². The van der Waals surface area contributed by atoms with E-state index < -0.39 is 0 Å². The van der Waals surface area contributed by atoms with E-state index in [0.29, 0.717) is 36.4 Å². The van der Waals surface area contributed by atoms with Crippen molar-refractivity contribution >= 4 is 33.4 Å². The fraction of sp³-hybridized carbons (Fsp3) is 0.750. The number of hydrogen-bond donors (Lipinski definition) is 1. The summed E-state index contributed by atoms with van der Waals surface area (Å²) < 4.78 is 5.43. The number of aromatic nitrogens is 2. The van der Waals surface area contributed by atoms with Gasteiger partial charge in [-0.15, -0.1) is 10.2 Å². The van der Waals surface area contributed by atoms with Crippen molar-refractivity contribution in [2.75, 3.05) is 43.1 Å². The van der Waals surface area contributed by atoms with Gasteiger partial charge >= 0.3 is 0 Å². The van der Waals surface area contributed by atoms with Crippen LogP contribution in [-0.2, 0) is 14.3 Å². The van der Waals surface area contributed by atoms with Gasteiger partial charge in [0, 0.05) is 33.2 Å². The van der Waals surface area contributed by atoms with Crippen molar-refractivity contribution in [2.45, 2.75) is 45.6 Å². The number of nitrogens with one attached hydrogen (secondary N) is 1. The summed E-state index contributed by atoms with van der Waals surface area (Å²) in [6, 6.07) is 0. The maximum atomic E-state index is 12.0. The molecule has 0 spiro atoms. The van der Waals surface area contributed by atoms with Crippen molar-refractivity contribution < 1.29 is 14.3 Å². The molecule has 1 fully saturated rings. The molecule has 9 heteroatoms. The van der Waals surface area contributed by atoms with Gasteiger partial charge in [-0.2, -0.15) is 0 Å². The van der Waals surface area contributed by atoms with E-state index in [1.54, 1.807) is 16.8 Å². The fourth-order valence-electron chi connectivity index (χ4n) is 2.44. The Labute approximate surface area is 152 Å². The summed E-state index contributed by atoms with van der Waals surface area (Å²) >= 11 is 1.34. The lowest BCUT2D eigenvalue weighted by Crippen LogP contribution is -2.36. The second kappa shape index (κ2) is 9.67. The Morgan fingerprint density at radius 3 is 2.92 bits per heavy atom. The van der Waals surface area contributed by atoms with Crippen LogP contribution in [0.2, 0.25) is 0 Å². The zero-order valence-corrected chi connectivity index (χ0v) is 16.0. The van der Waals surface area contributed by atoms with Gasteiger partial charge in [-0.1, -0.05) is 11.3 Å². The molecule has 0 saturated carbocycles. The van der Waals surface area contributed by atoms with Crippen LogP contribution in [0.25, 0.3) is 0 Å². The third-order valence-corrected chi connectivity index (χ3v) is 4.82. The largest absolute Gasteiger partial charge is 0.379 e. The van der Waals surface area contributed by atoms with E-state index in [1.165, 1.54) is 11.3 Å². The predicted molar refractivity (Wildman–Crippen MR) is 98.1 cm³/mol. The highest BCUT2D eigenvalue weighted by molar-refractivity contribution is 7.19. The highest BCUT2D eigenvalue weighted by Gasteiger charge is 2.23. The van der Waals surface area contributed by atoms with Gasteiger partial charge < -0.3 is 15.0 Å². The summed E-state index contributed by atoms with van der Waals surface area (Å²) in [6.07, 6.45) is 3.48. The maximum absolute atomic E-state index is 12.0. The van der Waals surface area contributed by atoms with Crippen LogP contribution < -0.4 is 15.1 Å². The van der Waals surface area contributed by atoms with Crippen molar-refractivity contribution in [3.63, 3.8) is 0 Å². The molecule has 2 amide bonds. The number of ether oxygens (including phenoxy) is 1. The molecule has 1 aliphatic rings. The monoisotopic (exact) mass is 369 g/mol. The van der Waals surface area contributed by atoms with Crippen LogP contribution in [0.1, 0.15) is 39.5 Å². The molecule has 0 bridgehead atoms. The van der Waals surface area contributed by atoms with Gasteiger partial charge in [0.05, 0.1) is 12.6 Å². The molecule has 0 aromatic carbocycles. The molecule has 1 aromatic heterocycles. The van der Waals surface area contributed by atoms with E-state index in [9.17, 15) is 9.59 Å². The standard InChI is InChI=1S/C16H27N5O3S/c1-12(2)24-10-6-8-17-13(22)11-20(3)15-18-19-16(25-15)21-9-5-4-7-14(21)23/h12H,4-11H2,1-3H3,(H,17,22). The average Bonchev–Trinajstić information content (AvgIpc) is 3.04. The minimum Gasteiger partial charge on any atom is -0.379 e. The lowest BCUT2D eigenvalue weighted by atomic mass is 10.1. The molecular formula is C16H27N5O3S. The first-order chi connectivity index (χ1) is 12.0. The molecule has 1 saturated heterocycles. The molecule has 0 aliphatic carbocycles. The first-order valence-electron chi connectivity index (χ1n) is 8.70. The second-order valence-corrected chi connectivity index (χ2v) is 7.28. The predicted octanol–water partition coefficient (Wildman–Crippen LogP) is 1.42. The Morgan fingerprint density at radius 1 is 1.40 bits per heavy atom. The number of anilines is 2. The van der Waals surface area contributed by atoms with Crippen LogP contribution in [0.3, 0.4) is 0 Å².